The standard InChI is InChI=1S/C14H16N6O/c1-3-17-11-7-12(20-14(16)19-11)18-13-9(8-15)5-4-6-10(13)21-2/h4-7H,3H2,1-2H3,(H4,16,17,18,19,20). The Morgan fingerprint density at radius 1 is 1.33 bits per heavy atom. The van der Waals surface area contributed by atoms with Gasteiger partial charge < -0.3 is 21.1 Å². The third kappa shape index (κ3) is 3.30. The molecular weight excluding hydrogens is 268 g/mol. The summed E-state index contributed by atoms with van der Waals surface area (Å²) in [4.78, 5) is 8.18. The van der Waals surface area contributed by atoms with Crippen LogP contribution in [0.4, 0.5) is 23.3 Å². The van der Waals surface area contributed by atoms with Crippen LogP contribution in [-0.4, -0.2) is 23.6 Å². The number of nitriles is 1. The summed E-state index contributed by atoms with van der Waals surface area (Å²) in [6, 6.07) is 9.04. The Labute approximate surface area is 122 Å². The zero-order chi connectivity index (χ0) is 15.2. The molecule has 0 saturated heterocycles. The summed E-state index contributed by atoms with van der Waals surface area (Å²) in [7, 11) is 1.54. The molecule has 0 bridgehead atoms. The second kappa shape index (κ2) is 6.43. The van der Waals surface area contributed by atoms with E-state index >= 15 is 0 Å². The third-order valence-electron chi connectivity index (χ3n) is 2.72. The van der Waals surface area contributed by atoms with Crippen molar-refractivity contribution in [3.63, 3.8) is 0 Å². The number of hydrogen-bond acceptors (Lipinski definition) is 7. The number of rotatable bonds is 5. The molecule has 0 aliphatic heterocycles. The first-order valence-electron chi connectivity index (χ1n) is 6.40. The minimum Gasteiger partial charge on any atom is -0.495 e. The van der Waals surface area contributed by atoms with Crippen LogP contribution < -0.4 is 21.1 Å². The molecule has 4 N–H and O–H groups in total. The van der Waals surface area contributed by atoms with E-state index in [1.165, 1.54) is 0 Å². The second-order valence-electron chi connectivity index (χ2n) is 4.15. The zero-order valence-corrected chi connectivity index (χ0v) is 11.8. The number of anilines is 4. The summed E-state index contributed by atoms with van der Waals surface area (Å²) in [5, 5.41) is 15.3. The Morgan fingerprint density at radius 3 is 2.76 bits per heavy atom. The van der Waals surface area contributed by atoms with E-state index in [1.807, 2.05) is 6.92 Å². The quantitative estimate of drug-likeness (QED) is 0.771. The number of nitrogens with two attached hydrogens (primary N) is 1. The molecule has 1 aromatic carbocycles. The van der Waals surface area contributed by atoms with Crippen molar-refractivity contribution < 1.29 is 4.74 Å². The van der Waals surface area contributed by atoms with Gasteiger partial charge in [0.1, 0.15) is 29.1 Å². The van der Waals surface area contributed by atoms with Crippen molar-refractivity contribution in [2.45, 2.75) is 6.92 Å². The Morgan fingerprint density at radius 2 is 2.10 bits per heavy atom. The molecule has 7 heteroatoms. The van der Waals surface area contributed by atoms with Gasteiger partial charge in [0.25, 0.3) is 0 Å². The van der Waals surface area contributed by atoms with Crippen LogP contribution in [0.25, 0.3) is 0 Å². The fourth-order valence-electron chi connectivity index (χ4n) is 1.85. The summed E-state index contributed by atoms with van der Waals surface area (Å²) in [5.74, 6) is 1.79. The van der Waals surface area contributed by atoms with Crippen LogP contribution in [-0.2, 0) is 0 Å². The molecular formula is C14H16N6O. The van der Waals surface area contributed by atoms with Crippen LogP contribution in [0.15, 0.2) is 24.3 Å². The topological polar surface area (TPSA) is 109 Å². The van der Waals surface area contributed by atoms with Crippen LogP contribution >= 0.6 is 0 Å². The molecule has 0 aliphatic carbocycles. The first-order valence-corrected chi connectivity index (χ1v) is 6.40. The van der Waals surface area contributed by atoms with Crippen LogP contribution in [0.5, 0.6) is 5.75 Å². The van der Waals surface area contributed by atoms with E-state index in [0.29, 0.717) is 35.2 Å². The van der Waals surface area contributed by atoms with E-state index in [9.17, 15) is 5.26 Å². The monoisotopic (exact) mass is 284 g/mol. The van der Waals surface area contributed by atoms with Crippen molar-refractivity contribution in [3.05, 3.63) is 29.8 Å². The molecule has 0 amide bonds. The van der Waals surface area contributed by atoms with Crippen LogP contribution in [0.2, 0.25) is 0 Å². The van der Waals surface area contributed by atoms with E-state index in [1.54, 1.807) is 31.4 Å². The van der Waals surface area contributed by atoms with Gasteiger partial charge in [-0.3, -0.25) is 0 Å². The van der Waals surface area contributed by atoms with Crippen molar-refractivity contribution in [1.29, 1.82) is 5.26 Å². The Bertz CT molecular complexity index is 680. The molecule has 108 valence electrons. The number of nitrogen functional groups attached to an aromatic ring is 1. The van der Waals surface area contributed by atoms with Gasteiger partial charge in [-0.1, -0.05) is 6.07 Å². The molecule has 0 saturated carbocycles. The van der Waals surface area contributed by atoms with Crippen molar-refractivity contribution in [2.75, 3.05) is 30.0 Å². The highest BCUT2D eigenvalue weighted by Crippen LogP contribution is 2.30. The van der Waals surface area contributed by atoms with Crippen LogP contribution in [0, 0.1) is 11.3 Å². The fraction of sp³-hybridized carbons (Fsp3) is 0.214. The number of nitrogens with one attached hydrogen (secondary N) is 2. The third-order valence-corrected chi connectivity index (χ3v) is 2.72. The molecule has 7 nitrogen and oxygen atoms in total. The van der Waals surface area contributed by atoms with Gasteiger partial charge in [-0.05, 0) is 19.1 Å². The Balaban J connectivity index is 2.40. The summed E-state index contributed by atoms with van der Waals surface area (Å²) < 4.78 is 5.26. The van der Waals surface area contributed by atoms with E-state index in [2.05, 4.69) is 26.7 Å². The zero-order valence-electron chi connectivity index (χ0n) is 11.8. The van der Waals surface area contributed by atoms with Crippen molar-refractivity contribution in [1.82, 2.24) is 9.97 Å². The van der Waals surface area contributed by atoms with Crippen molar-refractivity contribution in [2.24, 2.45) is 0 Å². The van der Waals surface area contributed by atoms with Gasteiger partial charge >= 0.3 is 0 Å². The lowest BCUT2D eigenvalue weighted by molar-refractivity contribution is 0.416. The number of ether oxygens (including phenoxy) is 1. The number of hydrogen-bond donors (Lipinski definition) is 3. The highest BCUT2D eigenvalue weighted by Gasteiger charge is 2.11. The lowest BCUT2D eigenvalue weighted by Gasteiger charge is -2.13. The van der Waals surface area contributed by atoms with Gasteiger partial charge in [0.15, 0.2) is 0 Å². The molecule has 0 atom stereocenters. The number of nitrogens with zero attached hydrogens (tertiary/aromatic N) is 3. The molecule has 1 heterocycles. The summed E-state index contributed by atoms with van der Waals surface area (Å²) in [6.45, 7) is 2.67. The van der Waals surface area contributed by atoms with E-state index in [4.69, 9.17) is 10.5 Å². The predicted molar refractivity (Wildman–Crippen MR) is 81.6 cm³/mol. The van der Waals surface area contributed by atoms with Gasteiger partial charge in [0.05, 0.1) is 12.7 Å². The molecule has 0 fully saturated rings. The maximum atomic E-state index is 9.19. The minimum atomic E-state index is 0.143. The van der Waals surface area contributed by atoms with Gasteiger partial charge in [0, 0.05) is 12.6 Å². The van der Waals surface area contributed by atoms with E-state index in [-0.39, 0.29) is 5.95 Å². The highest BCUT2D eigenvalue weighted by atomic mass is 16.5. The first kappa shape index (κ1) is 14.4. The summed E-state index contributed by atoms with van der Waals surface area (Å²) in [5.41, 5.74) is 6.69. The number of aromatic nitrogens is 2. The molecule has 0 radical (unpaired) electrons. The fourth-order valence-corrected chi connectivity index (χ4v) is 1.85. The number of para-hydroxylation sites is 1. The van der Waals surface area contributed by atoms with Gasteiger partial charge in [-0.25, -0.2) is 0 Å². The average Bonchev–Trinajstić information content (AvgIpc) is 2.47. The number of benzene rings is 1. The van der Waals surface area contributed by atoms with Gasteiger partial charge in [-0.15, -0.1) is 0 Å². The molecule has 0 aliphatic rings. The van der Waals surface area contributed by atoms with Crippen molar-refractivity contribution >= 4 is 23.3 Å². The molecule has 1 aromatic heterocycles. The molecule has 0 spiro atoms. The molecule has 2 rings (SSSR count). The normalized spacial score (nSPS) is 9.76. The Kier molecular flexibility index (Phi) is 4.41. The van der Waals surface area contributed by atoms with E-state index in [0.717, 1.165) is 0 Å². The predicted octanol–water partition coefficient (Wildman–Crippen LogP) is 2.11. The van der Waals surface area contributed by atoms with Crippen LogP contribution in [0.1, 0.15) is 12.5 Å². The second-order valence-corrected chi connectivity index (χ2v) is 4.15. The van der Waals surface area contributed by atoms with E-state index < -0.39 is 0 Å². The first-order chi connectivity index (χ1) is 10.2. The minimum absolute atomic E-state index is 0.143. The summed E-state index contributed by atoms with van der Waals surface area (Å²) >= 11 is 0. The largest absolute Gasteiger partial charge is 0.495 e. The maximum Gasteiger partial charge on any atom is 0.223 e. The number of methoxy groups -OCH3 is 1. The SMILES string of the molecule is CCNc1cc(Nc2c(C#N)cccc2OC)nc(N)n1. The highest BCUT2D eigenvalue weighted by molar-refractivity contribution is 5.72. The van der Waals surface area contributed by atoms with Crippen molar-refractivity contribution in [3.8, 4) is 11.8 Å². The molecule has 0 unspecified atom stereocenters. The van der Waals surface area contributed by atoms with Crippen LogP contribution in [0.3, 0.4) is 0 Å². The average molecular weight is 284 g/mol. The lowest BCUT2D eigenvalue weighted by Crippen LogP contribution is -2.06. The van der Waals surface area contributed by atoms with Gasteiger partial charge in [0.2, 0.25) is 5.95 Å². The van der Waals surface area contributed by atoms with Gasteiger partial charge in [-0.2, -0.15) is 15.2 Å². The lowest BCUT2D eigenvalue weighted by atomic mass is 10.2. The Hall–Kier alpha value is -3.01. The smallest absolute Gasteiger partial charge is 0.223 e. The maximum absolute atomic E-state index is 9.19. The summed E-state index contributed by atoms with van der Waals surface area (Å²) in [6.07, 6.45) is 0. The molecule has 21 heavy (non-hydrogen) atoms. The molecule has 2 aromatic rings.